The fourth-order valence-electron chi connectivity index (χ4n) is 15.2. The monoisotopic (exact) mass is 2070 g/mol. The number of carbonyl (C=O) groups excluding carboxylic acids is 15. The summed E-state index contributed by atoms with van der Waals surface area (Å²) in [6.07, 6.45) is 9.00. The zero-order chi connectivity index (χ0) is 107. The second-order valence-corrected chi connectivity index (χ2v) is 34.5. The number of aromatic nitrogens is 2. The van der Waals surface area contributed by atoms with E-state index < -0.39 is 201 Å². The van der Waals surface area contributed by atoms with E-state index in [1.807, 2.05) is 6.08 Å². The number of guanidine groups is 2. The van der Waals surface area contributed by atoms with Gasteiger partial charge in [0.15, 0.2) is 18.5 Å². The van der Waals surface area contributed by atoms with E-state index in [1.54, 1.807) is 79.0 Å². The summed E-state index contributed by atoms with van der Waals surface area (Å²) < 4.78 is 51.5. The molecule has 28 N–H and O–H groups in total. The second kappa shape index (κ2) is 63.2. The highest BCUT2D eigenvalue weighted by molar-refractivity contribution is 6.42. The molecule has 148 heavy (non-hydrogen) atoms. The van der Waals surface area contributed by atoms with Gasteiger partial charge in [-0.25, -0.2) is 4.99 Å². The van der Waals surface area contributed by atoms with Crippen molar-refractivity contribution in [2.45, 2.75) is 183 Å². The van der Waals surface area contributed by atoms with Crippen molar-refractivity contribution in [1.29, 1.82) is 10.8 Å². The lowest BCUT2D eigenvalue weighted by Crippen LogP contribution is -2.58. The van der Waals surface area contributed by atoms with Crippen LogP contribution >= 0.6 is 0 Å². The number of aliphatic imine (C=N–C) groups is 1. The number of halogens is 2. The van der Waals surface area contributed by atoms with E-state index in [0.29, 0.717) is 71.2 Å². The van der Waals surface area contributed by atoms with Crippen LogP contribution in [0.25, 0.3) is 23.5 Å². The normalized spacial score (nSPS) is 18.6. The van der Waals surface area contributed by atoms with Gasteiger partial charge in [0, 0.05) is 76.8 Å². The highest BCUT2D eigenvalue weighted by Crippen LogP contribution is 2.27. The smallest absolute Gasteiger partial charge is 0.508 e. The molecule has 0 bridgehead atoms. The number of aliphatic carboxylic acids is 2. The van der Waals surface area contributed by atoms with Crippen LogP contribution in [0, 0.1) is 10.8 Å². The molecule has 8 rings (SSSR count). The number of aromatic hydroxyl groups is 2. The molecule has 15 amide bonds. The Balaban J connectivity index is 0.821. The molecular weight excluding hydrogens is 1940 g/mol. The molecule has 5 heterocycles. The zero-order valence-corrected chi connectivity index (χ0v) is 81.4. The van der Waals surface area contributed by atoms with Crippen molar-refractivity contribution >= 4 is 138 Å². The van der Waals surface area contributed by atoms with Gasteiger partial charge in [-0.2, -0.15) is 0 Å². The third kappa shape index (κ3) is 44.2. The topological polar surface area (TPSA) is 745 Å². The average Bonchev–Trinajstić information content (AvgIpc) is 1.65. The second-order valence-electron chi connectivity index (χ2n) is 34.5. The lowest BCUT2D eigenvalue weighted by atomic mass is 10.0. The summed E-state index contributed by atoms with van der Waals surface area (Å²) in [7, 11) is -2.76. The van der Waals surface area contributed by atoms with Gasteiger partial charge in [-0.3, -0.25) is 101 Å². The Kier molecular flexibility index (Phi) is 50.0. The molecule has 0 radical (unpaired) electrons. The summed E-state index contributed by atoms with van der Waals surface area (Å²) >= 11 is 0. The van der Waals surface area contributed by atoms with Gasteiger partial charge in [0.05, 0.1) is 81.8 Å². The molecule has 0 aliphatic carbocycles. The largest absolute Gasteiger partial charge is 0.678 e. The number of nitrogens with one attached hydrogen (secondary N) is 20. The quantitative estimate of drug-likeness (QED) is 0.00857. The van der Waals surface area contributed by atoms with Crippen LogP contribution in [0.1, 0.15) is 138 Å². The number of carboxylic acids is 2. The molecule has 2 fully saturated rings. The number of rotatable bonds is 56. The molecule has 0 unspecified atom stereocenters. The minimum atomic E-state index is -2.76. The predicted molar refractivity (Wildman–Crippen MR) is 533 cm³/mol. The highest BCUT2D eigenvalue weighted by atomic mass is 19.1. The number of phenols is 2. The van der Waals surface area contributed by atoms with Crippen LogP contribution in [0.15, 0.2) is 132 Å². The summed E-state index contributed by atoms with van der Waals surface area (Å²) in [5, 5.41) is 98.0. The van der Waals surface area contributed by atoms with Crippen LogP contribution in [-0.4, -0.2) is 308 Å². The van der Waals surface area contributed by atoms with Crippen LogP contribution in [0.3, 0.4) is 0 Å². The number of carboxylic acid groups (broad SMARTS) is 2. The van der Waals surface area contributed by atoms with Gasteiger partial charge in [0.25, 0.3) is 5.91 Å². The van der Waals surface area contributed by atoms with Crippen LogP contribution in [0.4, 0.5) is 8.63 Å². The third-order valence-corrected chi connectivity index (χ3v) is 22.8. The molecule has 5 aromatic rings. The number of phenolic OH excluding ortho intramolecular Hbond substituents is 2. The van der Waals surface area contributed by atoms with Gasteiger partial charge in [0.1, 0.15) is 78.2 Å². The Morgan fingerprint density at radius 2 is 0.926 bits per heavy atom. The summed E-state index contributed by atoms with van der Waals surface area (Å²) in [4.78, 5) is 238. The molecule has 800 valence electrons. The van der Waals surface area contributed by atoms with E-state index in [-0.39, 0.29) is 186 Å². The number of ether oxygens (including phenoxy) is 4. The Morgan fingerprint density at radius 1 is 0.466 bits per heavy atom. The van der Waals surface area contributed by atoms with Crippen molar-refractivity contribution in [2.24, 2.45) is 16.5 Å². The SMILES string of the molecule is N=C(N)NCCC[C@@H]1NC(=O)[C@H](CCCCNC(=O)CC[C@H](NC(=O)COCCOCCOCCNC(=O)CCCCCNC(=O)COc2ccc(/C=C/C3=NC(=C\c4ccc(-c5ccc[nH]5)n4B(F)[18F])/C=C3)cc2)C(=O)NCCCC[C@@H]2NC(=O)[C@H](Cc3ccc(O)cc3)NC(=O)[C@H](CC(=O)O)NC(=O)CNC(=O)[C@H](CCCNC(=N)N)NC2=O)NC(=O)[C@H](Cc2ccc(O)cc2)NC(=O)[C@H](CC(=O)O)NC(=O)CNC1=O. The number of unbranched alkanes of at least 4 members (excludes halogenated alkanes) is 4. The van der Waals surface area contributed by atoms with Crippen LogP contribution < -0.4 is 107 Å². The van der Waals surface area contributed by atoms with E-state index in [2.05, 4.69) is 100 Å². The predicted octanol–water partition coefficient (Wildman–Crippen LogP) is -2.11. The van der Waals surface area contributed by atoms with Gasteiger partial charge in [-0.15, -0.1) is 0 Å². The first-order chi connectivity index (χ1) is 71.0. The van der Waals surface area contributed by atoms with Crippen molar-refractivity contribution < 1.29 is 130 Å². The van der Waals surface area contributed by atoms with E-state index >= 15 is 0 Å². The fourth-order valence-corrected chi connectivity index (χ4v) is 15.2. The van der Waals surface area contributed by atoms with E-state index in [9.17, 15) is 111 Å². The lowest BCUT2D eigenvalue weighted by Gasteiger charge is -2.26. The maximum absolute atomic E-state index is 14.5. The summed E-state index contributed by atoms with van der Waals surface area (Å²) in [6, 6.07) is 10.7. The zero-order valence-electron chi connectivity index (χ0n) is 81.4. The molecule has 3 aliphatic rings. The number of aromatic amines is 1. The van der Waals surface area contributed by atoms with Crippen LogP contribution in [-0.2, 0) is 109 Å². The minimum Gasteiger partial charge on any atom is -0.508 e. The van der Waals surface area contributed by atoms with Crippen molar-refractivity contribution in [3.8, 4) is 28.6 Å². The number of H-pyrrole nitrogens is 1. The molecule has 9 atom stereocenters. The standard InChI is InChI=1S/C96H129BF2N24O25/c98-97(99)123-63(27-35-77(123)67-13-8-40-104-67)51-62-26-25-61(113-62)24-17-58-22-32-66(33-23-58)148-57-82(130)106-37-5-1-2-16-78(126)107-43-44-145-45-46-146-47-48-147-56-83(131)114-72(86(136)108-39-7-4-12-71-90(140)118-69(15-10-42-110-96(102)103)88(138)112-55-81(129)116-76(53-85(134)135)94(144)122-74(92(142)120-71)50-60-20-30-65(125)31-21-60)34-36-79(127)105-38-6-3-11-70-89(139)117-68(14-9-41-109-95(100)101)87(137)111-54-80(128)115-75(52-84(132)133)93(143)121-73(91(141)119-70)49-59-18-28-64(124)29-19-59/h8,13,17-33,35,40,51,68-76,104,124-125H,1-7,9-12,14-16,34,36-39,41-50,52-57H2,(H,105,127)(H,106,130)(H,107,126)(H,108,136)(H,111,137)(H,112,138)(H,114,131)(H,115,128)(H,116,129)(H,117,139)(H,118,140)(H,119,141)(H,120,142)(H,121,143)(H,122,144)(H,132,133)(H,134,135)(H4,100,101,109)(H4,102,103,110)/b24-17+,62-51-/t68-,69-,70-,71-,72-,73-,74-,75-,76-/m0/s1/i98-1. The first kappa shape index (κ1) is 117. The van der Waals surface area contributed by atoms with Gasteiger partial charge in [-0.05, 0) is 185 Å². The first-order valence-electron chi connectivity index (χ1n) is 48.3. The molecule has 0 saturated carbocycles. The number of hydrogen-bond donors (Lipinski definition) is 26. The summed E-state index contributed by atoms with van der Waals surface area (Å²) in [5.74, 6) is -16.3. The first-order valence-corrected chi connectivity index (χ1v) is 48.3. The van der Waals surface area contributed by atoms with Gasteiger partial charge >= 0.3 is 19.3 Å². The molecule has 2 saturated heterocycles. The van der Waals surface area contributed by atoms with Crippen molar-refractivity contribution in [3.05, 3.63) is 150 Å². The Bertz CT molecular complexity index is 5480. The Morgan fingerprint density at radius 3 is 1.44 bits per heavy atom. The Hall–Kier alpha value is -16.2. The minimum absolute atomic E-state index is 0.0154. The van der Waals surface area contributed by atoms with Crippen molar-refractivity contribution in [2.75, 3.05) is 98.6 Å². The van der Waals surface area contributed by atoms with Crippen molar-refractivity contribution in [3.63, 3.8) is 0 Å². The number of benzene rings is 3. The maximum atomic E-state index is 14.5. The Labute approximate surface area is 850 Å². The number of nitrogens with zero attached hydrogens (tertiary/aromatic N) is 2. The molecular formula is C96H129BF2N24O25. The molecule has 49 nitrogen and oxygen atoms in total. The molecule has 3 aromatic carbocycles. The number of nitrogens with two attached hydrogens (primary N) is 2. The third-order valence-electron chi connectivity index (χ3n) is 22.8. The molecule has 52 heteroatoms. The average molecular weight is 2070 g/mol. The van der Waals surface area contributed by atoms with E-state index in [4.69, 9.17) is 41.2 Å². The van der Waals surface area contributed by atoms with E-state index in [1.165, 1.54) is 48.5 Å². The number of allylic oxidation sites excluding steroid dienone is 3. The molecule has 3 aliphatic heterocycles. The summed E-state index contributed by atoms with van der Waals surface area (Å²) in [5.41, 5.74) is 14.8. The maximum Gasteiger partial charge on any atom is 0.678 e. The molecule has 0 spiro atoms. The van der Waals surface area contributed by atoms with Gasteiger partial charge < -0.3 is 151 Å². The fraction of sp³-hybridized carbons (Fsp3) is 0.458. The van der Waals surface area contributed by atoms with E-state index in [0.717, 1.165) is 10.0 Å². The number of carbonyl (C=O) groups is 17. The number of hydrogen-bond acceptors (Lipinski definition) is 26. The van der Waals surface area contributed by atoms with Crippen molar-refractivity contribution in [1.82, 2.24) is 99.8 Å². The van der Waals surface area contributed by atoms with Gasteiger partial charge in [-0.1, -0.05) is 48.9 Å². The lowest BCUT2D eigenvalue weighted by molar-refractivity contribution is -0.141. The van der Waals surface area contributed by atoms with Crippen LogP contribution in [0.2, 0.25) is 0 Å². The number of amides is 15. The summed E-state index contributed by atoms with van der Waals surface area (Å²) in [6.45, 7) is -1.76. The van der Waals surface area contributed by atoms with Crippen LogP contribution in [0.5, 0.6) is 17.2 Å². The highest BCUT2D eigenvalue weighted by Gasteiger charge is 2.37. The van der Waals surface area contributed by atoms with Gasteiger partial charge in [0.2, 0.25) is 82.7 Å². The molecule has 2 aromatic heterocycles.